The molecular formula is C13H25N3O2. The normalized spacial score (nSPS) is 31.9. The van der Waals surface area contributed by atoms with Crippen molar-refractivity contribution >= 4 is 5.91 Å². The first-order chi connectivity index (χ1) is 8.49. The fourth-order valence-electron chi connectivity index (χ4n) is 2.83. The summed E-state index contributed by atoms with van der Waals surface area (Å²) >= 11 is 0. The Bertz CT molecular complexity index is 303. The number of aliphatic hydroxyl groups is 1. The fraction of sp³-hybridized carbons (Fsp3) is 0.923. The number of amides is 1. The number of hydrogen-bond acceptors (Lipinski definition) is 4. The molecule has 2 aliphatic rings. The SMILES string of the molecule is CC1CCN(CCN2CCC(O)(C(N)=O)C2)CC1. The quantitative estimate of drug-likeness (QED) is 0.720. The lowest BCUT2D eigenvalue weighted by atomic mass is 9.99. The number of β-amino-alcohol motifs (C(OH)–C–C–N with tert-alkyl or cyclic N) is 1. The summed E-state index contributed by atoms with van der Waals surface area (Å²) in [4.78, 5) is 15.8. The Morgan fingerprint density at radius 3 is 2.44 bits per heavy atom. The number of primary amides is 1. The number of nitrogens with two attached hydrogens (primary N) is 1. The minimum absolute atomic E-state index is 0.395. The smallest absolute Gasteiger partial charge is 0.250 e. The molecule has 1 unspecified atom stereocenters. The van der Waals surface area contributed by atoms with Gasteiger partial charge in [-0.05, 0) is 38.3 Å². The molecule has 0 saturated carbocycles. The van der Waals surface area contributed by atoms with Crippen LogP contribution in [-0.4, -0.2) is 65.7 Å². The number of piperidine rings is 1. The minimum Gasteiger partial charge on any atom is -0.379 e. The van der Waals surface area contributed by atoms with Crippen LogP contribution in [0.3, 0.4) is 0 Å². The van der Waals surface area contributed by atoms with Crippen LogP contribution in [0, 0.1) is 5.92 Å². The zero-order valence-corrected chi connectivity index (χ0v) is 11.3. The average Bonchev–Trinajstić information content (AvgIpc) is 2.72. The van der Waals surface area contributed by atoms with Gasteiger partial charge in [0.1, 0.15) is 0 Å². The molecule has 2 fully saturated rings. The van der Waals surface area contributed by atoms with Gasteiger partial charge in [0.2, 0.25) is 0 Å². The number of hydrogen-bond donors (Lipinski definition) is 2. The van der Waals surface area contributed by atoms with Crippen LogP contribution in [0.4, 0.5) is 0 Å². The average molecular weight is 255 g/mol. The molecule has 5 nitrogen and oxygen atoms in total. The molecule has 5 heteroatoms. The molecule has 0 aliphatic carbocycles. The third kappa shape index (κ3) is 3.22. The van der Waals surface area contributed by atoms with E-state index in [1.54, 1.807) is 0 Å². The van der Waals surface area contributed by atoms with E-state index in [2.05, 4.69) is 16.7 Å². The van der Waals surface area contributed by atoms with E-state index in [0.29, 0.717) is 13.0 Å². The second-order valence-corrected chi connectivity index (χ2v) is 5.95. The van der Waals surface area contributed by atoms with E-state index in [9.17, 15) is 9.90 Å². The molecule has 2 rings (SSSR count). The van der Waals surface area contributed by atoms with Gasteiger partial charge in [0.25, 0.3) is 5.91 Å². The molecule has 18 heavy (non-hydrogen) atoms. The van der Waals surface area contributed by atoms with Crippen molar-refractivity contribution in [3.05, 3.63) is 0 Å². The van der Waals surface area contributed by atoms with Crippen LogP contribution < -0.4 is 5.73 Å². The lowest BCUT2D eigenvalue weighted by Gasteiger charge is -2.31. The van der Waals surface area contributed by atoms with E-state index < -0.39 is 11.5 Å². The second-order valence-electron chi connectivity index (χ2n) is 5.95. The molecule has 1 amide bonds. The summed E-state index contributed by atoms with van der Waals surface area (Å²) in [6, 6.07) is 0. The lowest BCUT2D eigenvalue weighted by molar-refractivity contribution is -0.134. The van der Waals surface area contributed by atoms with Crippen LogP contribution in [0.25, 0.3) is 0 Å². The van der Waals surface area contributed by atoms with Crippen LogP contribution in [-0.2, 0) is 4.79 Å². The number of nitrogens with zero attached hydrogens (tertiary/aromatic N) is 2. The van der Waals surface area contributed by atoms with Crippen molar-refractivity contribution < 1.29 is 9.90 Å². The molecular weight excluding hydrogens is 230 g/mol. The van der Waals surface area contributed by atoms with Gasteiger partial charge in [-0.3, -0.25) is 9.69 Å². The predicted molar refractivity (Wildman–Crippen MR) is 70.0 cm³/mol. The molecule has 2 saturated heterocycles. The van der Waals surface area contributed by atoms with Crippen LogP contribution in [0.1, 0.15) is 26.2 Å². The van der Waals surface area contributed by atoms with Gasteiger partial charge in [0.05, 0.1) is 0 Å². The lowest BCUT2D eigenvalue weighted by Crippen LogP contribution is -2.47. The maximum atomic E-state index is 11.1. The van der Waals surface area contributed by atoms with Gasteiger partial charge in [-0.1, -0.05) is 6.92 Å². The maximum absolute atomic E-state index is 11.1. The predicted octanol–water partition coefficient (Wildman–Crippen LogP) is -0.360. The second kappa shape index (κ2) is 5.55. The Morgan fingerprint density at radius 1 is 1.28 bits per heavy atom. The third-order valence-corrected chi connectivity index (χ3v) is 4.39. The van der Waals surface area contributed by atoms with Gasteiger partial charge in [0, 0.05) is 26.2 Å². The first-order valence-corrected chi connectivity index (χ1v) is 6.96. The highest BCUT2D eigenvalue weighted by molar-refractivity contribution is 5.83. The van der Waals surface area contributed by atoms with E-state index in [1.165, 1.54) is 25.9 Å². The van der Waals surface area contributed by atoms with Gasteiger partial charge in [-0.25, -0.2) is 0 Å². The fourth-order valence-corrected chi connectivity index (χ4v) is 2.83. The number of likely N-dealkylation sites (tertiary alicyclic amines) is 2. The highest BCUT2D eigenvalue weighted by Gasteiger charge is 2.41. The van der Waals surface area contributed by atoms with Gasteiger partial charge in [0.15, 0.2) is 5.60 Å². The van der Waals surface area contributed by atoms with Crippen molar-refractivity contribution in [2.75, 3.05) is 39.3 Å². The summed E-state index contributed by atoms with van der Waals surface area (Å²) in [7, 11) is 0. The van der Waals surface area contributed by atoms with Crippen LogP contribution in [0.2, 0.25) is 0 Å². The van der Waals surface area contributed by atoms with Gasteiger partial charge in [-0.15, -0.1) is 0 Å². The van der Waals surface area contributed by atoms with Gasteiger partial charge >= 0.3 is 0 Å². The van der Waals surface area contributed by atoms with E-state index in [1.807, 2.05) is 0 Å². The monoisotopic (exact) mass is 255 g/mol. The summed E-state index contributed by atoms with van der Waals surface area (Å²) in [5.41, 5.74) is 3.93. The van der Waals surface area contributed by atoms with Crippen molar-refractivity contribution in [1.29, 1.82) is 0 Å². The Labute approximate surface area is 109 Å². The van der Waals surface area contributed by atoms with Gasteiger partial charge in [-0.2, -0.15) is 0 Å². The first-order valence-electron chi connectivity index (χ1n) is 6.96. The van der Waals surface area contributed by atoms with Crippen molar-refractivity contribution in [3.63, 3.8) is 0 Å². The summed E-state index contributed by atoms with van der Waals surface area (Å²) < 4.78 is 0. The van der Waals surface area contributed by atoms with Crippen molar-refractivity contribution in [1.82, 2.24) is 9.80 Å². The number of carbonyl (C=O) groups excluding carboxylic acids is 1. The summed E-state index contributed by atoms with van der Waals surface area (Å²) in [5, 5.41) is 9.98. The zero-order chi connectivity index (χ0) is 13.2. The largest absolute Gasteiger partial charge is 0.379 e. The molecule has 3 N–H and O–H groups in total. The van der Waals surface area contributed by atoms with E-state index in [0.717, 1.165) is 25.6 Å². The molecule has 104 valence electrons. The summed E-state index contributed by atoms with van der Waals surface area (Å²) in [6.07, 6.45) is 3.04. The molecule has 0 bridgehead atoms. The maximum Gasteiger partial charge on any atom is 0.250 e. The minimum atomic E-state index is -1.30. The molecule has 0 aromatic rings. The molecule has 2 heterocycles. The zero-order valence-electron chi connectivity index (χ0n) is 11.3. The topological polar surface area (TPSA) is 69.8 Å². The summed E-state index contributed by atoms with van der Waals surface area (Å²) in [6.45, 7) is 7.77. The molecule has 0 spiro atoms. The molecule has 2 aliphatic heterocycles. The molecule has 0 aromatic heterocycles. The summed E-state index contributed by atoms with van der Waals surface area (Å²) in [5.74, 6) is 0.268. The van der Waals surface area contributed by atoms with Crippen molar-refractivity contribution in [2.24, 2.45) is 11.7 Å². The van der Waals surface area contributed by atoms with E-state index in [4.69, 9.17) is 5.73 Å². The van der Waals surface area contributed by atoms with Crippen LogP contribution >= 0.6 is 0 Å². The Hall–Kier alpha value is -0.650. The number of rotatable bonds is 4. The van der Waals surface area contributed by atoms with E-state index in [-0.39, 0.29) is 0 Å². The first kappa shape index (κ1) is 13.8. The highest BCUT2D eigenvalue weighted by Crippen LogP contribution is 2.21. The molecule has 0 aromatic carbocycles. The van der Waals surface area contributed by atoms with Crippen LogP contribution in [0.15, 0.2) is 0 Å². The molecule has 0 radical (unpaired) electrons. The Kier molecular flexibility index (Phi) is 4.25. The number of carbonyl (C=O) groups is 1. The third-order valence-electron chi connectivity index (χ3n) is 4.39. The van der Waals surface area contributed by atoms with Gasteiger partial charge < -0.3 is 15.7 Å². The van der Waals surface area contributed by atoms with Crippen molar-refractivity contribution in [2.45, 2.75) is 31.8 Å². The Balaban J connectivity index is 1.71. The highest BCUT2D eigenvalue weighted by atomic mass is 16.3. The molecule has 1 atom stereocenters. The van der Waals surface area contributed by atoms with Crippen LogP contribution in [0.5, 0.6) is 0 Å². The van der Waals surface area contributed by atoms with Crippen molar-refractivity contribution in [3.8, 4) is 0 Å². The van der Waals surface area contributed by atoms with E-state index >= 15 is 0 Å². The standard InChI is InChI=1S/C13H25N3O2/c1-11-2-5-15(6-3-11)8-9-16-7-4-13(18,10-16)12(14)17/h11,18H,2-10H2,1H3,(H2,14,17). The Morgan fingerprint density at radius 2 is 1.89 bits per heavy atom.